The highest BCUT2D eigenvalue weighted by molar-refractivity contribution is 5.75. The molecule has 8 heteroatoms. The molecular formula is C15H23F3N4O. The van der Waals surface area contributed by atoms with Crippen LogP contribution in [0.4, 0.5) is 18.0 Å². The van der Waals surface area contributed by atoms with E-state index in [1.807, 2.05) is 13.8 Å². The summed E-state index contributed by atoms with van der Waals surface area (Å²) in [4.78, 5) is 14.1. The van der Waals surface area contributed by atoms with E-state index in [-0.39, 0.29) is 25.0 Å². The summed E-state index contributed by atoms with van der Waals surface area (Å²) in [7, 11) is 0. The van der Waals surface area contributed by atoms with Crippen LogP contribution in [0.2, 0.25) is 0 Å². The van der Waals surface area contributed by atoms with Gasteiger partial charge in [-0.15, -0.1) is 0 Å². The summed E-state index contributed by atoms with van der Waals surface area (Å²) < 4.78 is 36.2. The average molecular weight is 332 g/mol. The molecular weight excluding hydrogens is 309 g/mol. The Kier molecular flexibility index (Phi) is 5.54. The van der Waals surface area contributed by atoms with Crippen LogP contribution in [0.15, 0.2) is 0 Å². The number of nitrogens with zero attached hydrogens (tertiary/aromatic N) is 2. The first kappa shape index (κ1) is 17.6. The second-order valence-corrected chi connectivity index (χ2v) is 6.00. The van der Waals surface area contributed by atoms with Crippen molar-refractivity contribution in [2.75, 3.05) is 13.1 Å². The van der Waals surface area contributed by atoms with E-state index in [2.05, 4.69) is 15.5 Å². The Morgan fingerprint density at radius 3 is 2.74 bits per heavy atom. The molecule has 0 unspecified atom stereocenters. The number of carbonyl (C=O) groups is 1. The fourth-order valence-electron chi connectivity index (χ4n) is 3.11. The predicted octanol–water partition coefficient (Wildman–Crippen LogP) is 3.61. The minimum Gasteiger partial charge on any atom is -0.338 e. The van der Waals surface area contributed by atoms with Crippen molar-refractivity contribution in [1.82, 2.24) is 20.4 Å². The minimum atomic E-state index is -4.12. The topological polar surface area (TPSA) is 61.0 Å². The molecule has 1 atom stereocenters. The monoisotopic (exact) mass is 332 g/mol. The van der Waals surface area contributed by atoms with Crippen LogP contribution in [0, 0.1) is 13.8 Å². The second kappa shape index (κ2) is 7.23. The van der Waals surface area contributed by atoms with Gasteiger partial charge in [0.1, 0.15) is 0 Å². The van der Waals surface area contributed by atoms with Crippen LogP contribution in [-0.2, 0) is 0 Å². The quantitative estimate of drug-likeness (QED) is 0.809. The molecule has 2 amide bonds. The lowest BCUT2D eigenvalue weighted by Crippen LogP contribution is -2.40. The molecule has 0 aromatic carbocycles. The van der Waals surface area contributed by atoms with Crippen LogP contribution >= 0.6 is 0 Å². The van der Waals surface area contributed by atoms with E-state index in [4.69, 9.17) is 0 Å². The van der Waals surface area contributed by atoms with Gasteiger partial charge in [0.2, 0.25) is 0 Å². The maximum atomic E-state index is 12.3. The highest BCUT2D eigenvalue weighted by atomic mass is 19.4. The van der Waals surface area contributed by atoms with E-state index in [0.29, 0.717) is 13.0 Å². The Hall–Kier alpha value is -1.73. The Balaban J connectivity index is 1.84. The lowest BCUT2D eigenvalue weighted by Gasteiger charge is -2.25. The summed E-state index contributed by atoms with van der Waals surface area (Å²) >= 11 is 0. The van der Waals surface area contributed by atoms with Gasteiger partial charge in [-0.1, -0.05) is 0 Å². The number of likely N-dealkylation sites (tertiary alicyclic amines) is 1. The number of hydrogen-bond acceptors (Lipinski definition) is 2. The first-order valence-electron chi connectivity index (χ1n) is 7.92. The SMILES string of the molecule is Cc1n[nH]c(C)c1[C@H]1CCCN1C(=O)NCCCCC(F)(F)F. The molecule has 1 fully saturated rings. The van der Waals surface area contributed by atoms with Crippen molar-refractivity contribution in [3.63, 3.8) is 0 Å². The first-order valence-corrected chi connectivity index (χ1v) is 7.92. The average Bonchev–Trinajstić information content (AvgIpc) is 3.04. The summed E-state index contributed by atoms with van der Waals surface area (Å²) in [6, 6.07) is -0.219. The Labute approximate surface area is 133 Å². The summed E-state index contributed by atoms with van der Waals surface area (Å²) in [5, 5.41) is 9.84. The van der Waals surface area contributed by atoms with E-state index in [9.17, 15) is 18.0 Å². The largest absolute Gasteiger partial charge is 0.389 e. The number of urea groups is 1. The number of rotatable bonds is 5. The lowest BCUT2D eigenvalue weighted by atomic mass is 10.0. The normalized spacial score (nSPS) is 18.5. The van der Waals surface area contributed by atoms with Crippen molar-refractivity contribution in [2.24, 2.45) is 0 Å². The zero-order valence-electron chi connectivity index (χ0n) is 13.5. The van der Waals surface area contributed by atoms with Gasteiger partial charge in [-0.2, -0.15) is 18.3 Å². The number of amides is 2. The molecule has 1 aliphatic rings. The van der Waals surface area contributed by atoms with Crippen molar-refractivity contribution in [3.05, 3.63) is 17.0 Å². The number of nitrogens with one attached hydrogen (secondary N) is 2. The summed E-state index contributed by atoms with van der Waals surface area (Å²) in [5.41, 5.74) is 2.89. The molecule has 1 aromatic rings. The molecule has 5 nitrogen and oxygen atoms in total. The third kappa shape index (κ3) is 4.62. The molecule has 23 heavy (non-hydrogen) atoms. The summed E-state index contributed by atoms with van der Waals surface area (Å²) in [6.45, 7) is 4.76. The maximum Gasteiger partial charge on any atom is 0.389 e. The Morgan fingerprint density at radius 2 is 2.13 bits per heavy atom. The van der Waals surface area contributed by atoms with Crippen molar-refractivity contribution >= 4 is 6.03 Å². The van der Waals surface area contributed by atoms with Crippen LogP contribution in [0.5, 0.6) is 0 Å². The van der Waals surface area contributed by atoms with Crippen LogP contribution < -0.4 is 5.32 Å². The van der Waals surface area contributed by atoms with E-state index >= 15 is 0 Å². The molecule has 0 saturated carbocycles. The van der Waals surface area contributed by atoms with E-state index in [0.717, 1.165) is 29.8 Å². The van der Waals surface area contributed by atoms with Crippen molar-refractivity contribution < 1.29 is 18.0 Å². The van der Waals surface area contributed by atoms with Gasteiger partial charge in [-0.05, 0) is 39.5 Å². The van der Waals surface area contributed by atoms with Crippen molar-refractivity contribution in [1.29, 1.82) is 0 Å². The van der Waals surface area contributed by atoms with Gasteiger partial charge < -0.3 is 10.2 Å². The van der Waals surface area contributed by atoms with Gasteiger partial charge >= 0.3 is 12.2 Å². The third-order valence-electron chi connectivity index (χ3n) is 4.20. The Morgan fingerprint density at radius 1 is 1.39 bits per heavy atom. The lowest BCUT2D eigenvalue weighted by molar-refractivity contribution is -0.135. The maximum absolute atomic E-state index is 12.3. The number of aryl methyl sites for hydroxylation is 2. The molecule has 0 radical (unpaired) electrons. The van der Waals surface area contributed by atoms with Gasteiger partial charge in [0.05, 0.1) is 11.7 Å². The molecule has 2 heterocycles. The fraction of sp³-hybridized carbons (Fsp3) is 0.733. The molecule has 2 N–H and O–H groups in total. The summed E-state index contributed by atoms with van der Waals surface area (Å²) in [5.74, 6) is 0. The number of carbonyl (C=O) groups excluding carboxylic acids is 1. The number of H-pyrrole nitrogens is 1. The van der Waals surface area contributed by atoms with Gasteiger partial charge in [0.15, 0.2) is 0 Å². The number of aromatic amines is 1. The fourth-order valence-corrected chi connectivity index (χ4v) is 3.11. The first-order chi connectivity index (χ1) is 10.8. The predicted molar refractivity (Wildman–Crippen MR) is 80.0 cm³/mol. The molecule has 130 valence electrons. The molecule has 0 aliphatic carbocycles. The van der Waals surface area contributed by atoms with Crippen LogP contribution in [0.3, 0.4) is 0 Å². The smallest absolute Gasteiger partial charge is 0.338 e. The van der Waals surface area contributed by atoms with Gasteiger partial charge in [-0.3, -0.25) is 5.10 Å². The Bertz CT molecular complexity index is 522. The minimum absolute atomic E-state index is 0.0103. The van der Waals surface area contributed by atoms with Crippen LogP contribution in [0.25, 0.3) is 0 Å². The van der Waals surface area contributed by atoms with Crippen LogP contribution in [-0.4, -0.2) is 40.4 Å². The molecule has 0 bridgehead atoms. The highest BCUT2D eigenvalue weighted by Crippen LogP contribution is 2.34. The zero-order valence-corrected chi connectivity index (χ0v) is 13.5. The number of hydrogen-bond donors (Lipinski definition) is 2. The molecule has 1 saturated heterocycles. The zero-order chi connectivity index (χ0) is 17.0. The van der Waals surface area contributed by atoms with Crippen molar-refractivity contribution in [2.45, 2.75) is 58.2 Å². The number of alkyl halides is 3. The standard InChI is InChI=1S/C15H23F3N4O/c1-10-13(11(2)21-20-10)12-6-5-9-22(12)14(23)19-8-4-3-7-15(16,17)18/h12H,3-9H2,1-2H3,(H,19,23)(H,20,21)/t12-/m1/s1. The molecule has 2 rings (SSSR count). The number of halogens is 3. The van der Waals surface area contributed by atoms with Gasteiger partial charge in [-0.25, -0.2) is 4.79 Å². The summed E-state index contributed by atoms with van der Waals surface area (Å²) in [6.07, 6.45) is -2.78. The van der Waals surface area contributed by atoms with E-state index < -0.39 is 12.6 Å². The van der Waals surface area contributed by atoms with E-state index in [1.54, 1.807) is 4.90 Å². The number of unbranched alkanes of at least 4 members (excludes halogenated alkanes) is 1. The van der Waals surface area contributed by atoms with E-state index in [1.165, 1.54) is 0 Å². The third-order valence-corrected chi connectivity index (χ3v) is 4.20. The molecule has 0 spiro atoms. The van der Waals surface area contributed by atoms with Crippen molar-refractivity contribution in [3.8, 4) is 0 Å². The second-order valence-electron chi connectivity index (χ2n) is 6.00. The molecule has 1 aliphatic heterocycles. The highest BCUT2D eigenvalue weighted by Gasteiger charge is 2.33. The molecule has 1 aromatic heterocycles. The van der Waals surface area contributed by atoms with Crippen LogP contribution in [0.1, 0.15) is 55.1 Å². The van der Waals surface area contributed by atoms with Gasteiger partial charge in [0, 0.05) is 30.8 Å². The number of aromatic nitrogens is 2. The van der Waals surface area contributed by atoms with Gasteiger partial charge in [0.25, 0.3) is 0 Å².